The summed E-state index contributed by atoms with van der Waals surface area (Å²) in [6.07, 6.45) is 2.39. The fourth-order valence-corrected chi connectivity index (χ4v) is 5.58. The lowest BCUT2D eigenvalue weighted by atomic mass is 10.2. The zero-order valence-corrected chi connectivity index (χ0v) is 18.1. The van der Waals surface area contributed by atoms with E-state index in [1.165, 1.54) is 12.0 Å². The van der Waals surface area contributed by atoms with E-state index < -0.39 is 32.3 Å². The maximum absolute atomic E-state index is 12.6. The minimum atomic E-state index is -2.54. The average molecular weight is 388 g/mol. The molecule has 0 aromatic heterocycles. The molecule has 1 rings (SSSR count). The van der Waals surface area contributed by atoms with Gasteiger partial charge in [-0.3, -0.25) is 4.90 Å². The SMILES string of the molecule is CCO[Si](C)(OCC)C1=CC[C@@H](C(=O)OC)N(C(=O)OC(C)(C)C)CC1. The summed E-state index contributed by atoms with van der Waals surface area (Å²) in [7, 11) is -1.21. The highest BCUT2D eigenvalue weighted by molar-refractivity contribution is 6.73. The molecule has 8 heteroatoms. The smallest absolute Gasteiger partial charge is 0.411 e. The van der Waals surface area contributed by atoms with Gasteiger partial charge < -0.3 is 18.3 Å². The van der Waals surface area contributed by atoms with Gasteiger partial charge in [0.2, 0.25) is 0 Å². The first-order valence-electron chi connectivity index (χ1n) is 9.12. The van der Waals surface area contributed by atoms with Gasteiger partial charge in [0.25, 0.3) is 0 Å². The third kappa shape index (κ3) is 6.10. The number of nitrogens with zero attached hydrogens (tertiary/aromatic N) is 1. The number of methoxy groups -OCH3 is 1. The third-order valence-corrected chi connectivity index (χ3v) is 7.41. The maximum atomic E-state index is 12.6. The second kappa shape index (κ2) is 9.52. The molecule has 0 saturated heterocycles. The van der Waals surface area contributed by atoms with E-state index in [9.17, 15) is 9.59 Å². The van der Waals surface area contributed by atoms with E-state index in [4.69, 9.17) is 18.3 Å². The predicted molar refractivity (Wildman–Crippen MR) is 101 cm³/mol. The van der Waals surface area contributed by atoms with Gasteiger partial charge >= 0.3 is 20.6 Å². The molecule has 0 aliphatic carbocycles. The maximum Gasteiger partial charge on any atom is 0.411 e. The van der Waals surface area contributed by atoms with E-state index >= 15 is 0 Å². The van der Waals surface area contributed by atoms with E-state index in [0.717, 1.165) is 5.20 Å². The Morgan fingerprint density at radius 2 is 1.81 bits per heavy atom. The van der Waals surface area contributed by atoms with Crippen molar-refractivity contribution in [3.05, 3.63) is 11.3 Å². The fourth-order valence-electron chi connectivity index (χ4n) is 2.97. The Morgan fingerprint density at radius 3 is 2.27 bits per heavy atom. The average Bonchev–Trinajstić information content (AvgIpc) is 2.76. The molecule has 7 nitrogen and oxygen atoms in total. The van der Waals surface area contributed by atoms with Crippen LogP contribution in [0.15, 0.2) is 11.3 Å². The second-order valence-corrected chi connectivity index (χ2v) is 10.4. The largest absolute Gasteiger partial charge is 0.467 e. The zero-order valence-electron chi connectivity index (χ0n) is 17.1. The lowest BCUT2D eigenvalue weighted by molar-refractivity contribution is -0.146. The Labute approximate surface area is 157 Å². The Balaban J connectivity index is 3.09. The third-order valence-electron chi connectivity index (χ3n) is 4.11. The molecular weight excluding hydrogens is 354 g/mol. The van der Waals surface area contributed by atoms with E-state index in [0.29, 0.717) is 32.6 Å². The van der Waals surface area contributed by atoms with Crippen molar-refractivity contribution >= 4 is 20.6 Å². The summed E-state index contributed by atoms with van der Waals surface area (Å²) < 4.78 is 22.3. The molecule has 1 amide bonds. The first kappa shape index (κ1) is 22.7. The Bertz CT molecular complexity index is 522. The highest BCUT2D eigenvalue weighted by atomic mass is 28.4. The monoisotopic (exact) mass is 387 g/mol. The lowest BCUT2D eigenvalue weighted by Crippen LogP contribution is -2.47. The summed E-state index contributed by atoms with van der Waals surface area (Å²) in [4.78, 5) is 26.3. The van der Waals surface area contributed by atoms with Crippen molar-refractivity contribution in [2.24, 2.45) is 0 Å². The minimum absolute atomic E-state index is 0.350. The molecule has 0 spiro atoms. The van der Waals surface area contributed by atoms with Crippen molar-refractivity contribution in [2.45, 2.75) is 65.7 Å². The first-order chi connectivity index (χ1) is 12.1. The number of esters is 1. The van der Waals surface area contributed by atoms with Gasteiger partial charge in [-0.15, -0.1) is 0 Å². The van der Waals surface area contributed by atoms with Crippen molar-refractivity contribution in [1.82, 2.24) is 4.90 Å². The van der Waals surface area contributed by atoms with E-state index in [1.807, 2.05) is 26.5 Å². The van der Waals surface area contributed by atoms with Gasteiger partial charge in [0.1, 0.15) is 11.6 Å². The molecule has 1 aliphatic heterocycles. The van der Waals surface area contributed by atoms with E-state index in [-0.39, 0.29) is 0 Å². The van der Waals surface area contributed by atoms with Crippen LogP contribution in [-0.4, -0.2) is 64.0 Å². The van der Waals surface area contributed by atoms with Crippen LogP contribution in [0.3, 0.4) is 0 Å². The van der Waals surface area contributed by atoms with Gasteiger partial charge in [0.15, 0.2) is 0 Å². The van der Waals surface area contributed by atoms with Crippen LogP contribution in [0.4, 0.5) is 4.79 Å². The summed E-state index contributed by atoms with van der Waals surface area (Å²) in [5.41, 5.74) is -0.639. The summed E-state index contributed by atoms with van der Waals surface area (Å²) in [6, 6.07) is -0.714. The lowest BCUT2D eigenvalue weighted by Gasteiger charge is -2.31. The summed E-state index contributed by atoms with van der Waals surface area (Å²) in [6.45, 7) is 12.7. The molecule has 1 atom stereocenters. The molecule has 0 bridgehead atoms. The molecule has 1 heterocycles. The Hall–Kier alpha value is -1.38. The predicted octanol–water partition coefficient (Wildman–Crippen LogP) is 3.17. The van der Waals surface area contributed by atoms with Crippen LogP contribution >= 0.6 is 0 Å². The van der Waals surface area contributed by atoms with Crippen LogP contribution in [-0.2, 0) is 23.1 Å². The molecule has 26 heavy (non-hydrogen) atoms. The number of carbonyl (C=O) groups is 2. The van der Waals surface area contributed by atoms with Crippen molar-refractivity contribution in [1.29, 1.82) is 0 Å². The normalized spacial score (nSPS) is 18.8. The molecule has 0 aromatic carbocycles. The van der Waals surface area contributed by atoms with Crippen molar-refractivity contribution < 1.29 is 27.9 Å². The van der Waals surface area contributed by atoms with Gasteiger partial charge in [-0.25, -0.2) is 9.59 Å². The van der Waals surface area contributed by atoms with Gasteiger partial charge in [-0.05, 0) is 59.2 Å². The summed E-state index contributed by atoms with van der Waals surface area (Å²) in [5.74, 6) is -0.454. The van der Waals surface area contributed by atoms with Crippen LogP contribution in [0, 0.1) is 0 Å². The quantitative estimate of drug-likeness (QED) is 0.515. The van der Waals surface area contributed by atoms with Crippen molar-refractivity contribution in [3.8, 4) is 0 Å². The molecule has 0 unspecified atom stereocenters. The van der Waals surface area contributed by atoms with Gasteiger partial charge in [-0.2, -0.15) is 0 Å². The van der Waals surface area contributed by atoms with Crippen LogP contribution in [0.2, 0.25) is 6.55 Å². The van der Waals surface area contributed by atoms with Crippen LogP contribution in [0.25, 0.3) is 0 Å². The molecule has 0 fully saturated rings. The summed E-state index contributed by atoms with van der Waals surface area (Å²) >= 11 is 0. The van der Waals surface area contributed by atoms with Crippen LogP contribution in [0.1, 0.15) is 47.5 Å². The molecule has 0 aromatic rings. The number of amides is 1. The van der Waals surface area contributed by atoms with Gasteiger partial charge in [0.05, 0.1) is 7.11 Å². The molecule has 0 N–H and O–H groups in total. The summed E-state index contributed by atoms with van der Waals surface area (Å²) in [5, 5.41) is 1.04. The number of ether oxygens (including phenoxy) is 2. The molecular formula is C18H33NO6Si. The topological polar surface area (TPSA) is 74.3 Å². The van der Waals surface area contributed by atoms with Crippen LogP contribution < -0.4 is 0 Å². The highest BCUT2D eigenvalue weighted by Crippen LogP contribution is 2.28. The Kier molecular flexibility index (Phi) is 8.30. The van der Waals surface area contributed by atoms with E-state index in [2.05, 4.69) is 0 Å². The number of hydrogen-bond donors (Lipinski definition) is 0. The molecule has 0 radical (unpaired) electrons. The van der Waals surface area contributed by atoms with Crippen molar-refractivity contribution in [2.75, 3.05) is 26.9 Å². The zero-order chi connectivity index (χ0) is 20.0. The number of carbonyl (C=O) groups excluding carboxylic acids is 2. The van der Waals surface area contributed by atoms with Gasteiger partial charge in [-0.1, -0.05) is 6.08 Å². The Morgan fingerprint density at radius 1 is 1.23 bits per heavy atom. The van der Waals surface area contributed by atoms with Crippen molar-refractivity contribution in [3.63, 3.8) is 0 Å². The van der Waals surface area contributed by atoms with Crippen LogP contribution in [0.5, 0.6) is 0 Å². The fraction of sp³-hybridized carbons (Fsp3) is 0.778. The second-order valence-electron chi connectivity index (χ2n) is 7.24. The molecule has 0 saturated carbocycles. The highest BCUT2D eigenvalue weighted by Gasteiger charge is 2.40. The molecule has 1 aliphatic rings. The van der Waals surface area contributed by atoms with E-state index in [1.54, 1.807) is 20.8 Å². The minimum Gasteiger partial charge on any atom is -0.467 e. The number of rotatable bonds is 6. The van der Waals surface area contributed by atoms with Gasteiger partial charge in [0, 0.05) is 19.8 Å². The number of hydrogen-bond acceptors (Lipinski definition) is 6. The standard InChI is InChI=1S/C18H33NO6Si/c1-8-23-26(7,24-9-2)14-10-11-15(16(20)22-6)19(13-12-14)17(21)25-18(3,4)5/h10,15H,8-9,11-13H2,1-7H3/t15-/m0/s1. The first-order valence-corrected chi connectivity index (χ1v) is 11.4. The molecule has 150 valence electrons.